The zero-order chi connectivity index (χ0) is 21.1. The van der Waals surface area contributed by atoms with Crippen LogP contribution < -0.4 is 20.3 Å². The highest BCUT2D eigenvalue weighted by Gasteiger charge is 2.13. The quantitative estimate of drug-likeness (QED) is 0.494. The van der Waals surface area contributed by atoms with Crippen molar-refractivity contribution in [3.05, 3.63) is 81.8 Å². The van der Waals surface area contributed by atoms with Gasteiger partial charge in [0.2, 0.25) is 0 Å². The Morgan fingerprint density at radius 2 is 1.70 bits per heavy atom. The van der Waals surface area contributed by atoms with Crippen LogP contribution >= 0.6 is 0 Å². The Kier molecular flexibility index (Phi) is 5.54. The minimum Gasteiger partial charge on any atom is -0.497 e. The Morgan fingerprint density at radius 3 is 2.37 bits per heavy atom. The van der Waals surface area contributed by atoms with Gasteiger partial charge in [-0.3, -0.25) is 4.79 Å². The number of hydrogen-bond donors (Lipinski definition) is 2. The topological polar surface area (TPSA) is 81.2 Å². The molecule has 0 bridgehead atoms. The van der Waals surface area contributed by atoms with Crippen LogP contribution in [0.2, 0.25) is 0 Å². The first kappa shape index (κ1) is 19.7. The third-order valence-electron chi connectivity index (χ3n) is 5.01. The molecule has 2 aromatic heterocycles. The molecule has 154 valence electrons. The lowest BCUT2D eigenvalue weighted by atomic mass is 10.1. The first-order valence-electron chi connectivity index (χ1n) is 9.68. The molecule has 0 aliphatic rings. The van der Waals surface area contributed by atoms with Crippen LogP contribution in [0.15, 0.2) is 59.4 Å². The van der Waals surface area contributed by atoms with Gasteiger partial charge >= 0.3 is 0 Å². The normalized spacial score (nSPS) is 11.0. The van der Waals surface area contributed by atoms with Gasteiger partial charge in [0.15, 0.2) is 0 Å². The first-order chi connectivity index (χ1) is 14.6. The van der Waals surface area contributed by atoms with Crippen LogP contribution in [0.1, 0.15) is 16.8 Å². The summed E-state index contributed by atoms with van der Waals surface area (Å²) in [5.74, 6) is 1.46. The molecule has 0 spiro atoms. The number of H-pyrrole nitrogens is 1. The summed E-state index contributed by atoms with van der Waals surface area (Å²) < 4.78 is 12.4. The second-order valence-corrected chi connectivity index (χ2v) is 7.04. The average molecular weight is 404 g/mol. The molecule has 7 heteroatoms. The number of para-hydroxylation sites is 1. The number of pyridine rings is 1. The van der Waals surface area contributed by atoms with E-state index in [2.05, 4.69) is 15.4 Å². The number of aromatic amines is 1. The van der Waals surface area contributed by atoms with Gasteiger partial charge in [-0.15, -0.1) is 0 Å². The van der Waals surface area contributed by atoms with Crippen molar-refractivity contribution in [1.29, 1.82) is 0 Å². The fourth-order valence-corrected chi connectivity index (χ4v) is 3.46. The first-order valence-corrected chi connectivity index (χ1v) is 9.68. The highest BCUT2D eigenvalue weighted by Crippen LogP contribution is 2.23. The summed E-state index contributed by atoms with van der Waals surface area (Å²) in [6.45, 7) is 2.95. The minimum atomic E-state index is -0.129. The van der Waals surface area contributed by atoms with E-state index in [1.165, 1.54) is 0 Å². The summed E-state index contributed by atoms with van der Waals surface area (Å²) in [5, 5.41) is 8.86. The lowest BCUT2D eigenvalue weighted by Crippen LogP contribution is -2.21. The fraction of sp³-hybridized carbons (Fsp3) is 0.217. The maximum Gasteiger partial charge on any atom is 0.254 e. The van der Waals surface area contributed by atoms with E-state index in [1.54, 1.807) is 18.9 Å². The second-order valence-electron chi connectivity index (χ2n) is 7.04. The summed E-state index contributed by atoms with van der Waals surface area (Å²) in [6, 6.07) is 17.4. The number of hydrogen-bond acceptors (Lipinski definition) is 5. The number of aromatic nitrogens is 3. The maximum absolute atomic E-state index is 12.7. The van der Waals surface area contributed by atoms with Gasteiger partial charge in [0.05, 0.1) is 25.6 Å². The van der Waals surface area contributed by atoms with Crippen molar-refractivity contribution >= 4 is 11.0 Å². The number of benzene rings is 2. The molecule has 0 unspecified atom stereocenters. The van der Waals surface area contributed by atoms with Crippen molar-refractivity contribution in [2.24, 2.45) is 0 Å². The second kappa shape index (κ2) is 8.42. The van der Waals surface area contributed by atoms with Gasteiger partial charge < -0.3 is 19.8 Å². The molecule has 0 amide bonds. The van der Waals surface area contributed by atoms with E-state index < -0.39 is 0 Å². The minimum absolute atomic E-state index is 0.129. The Bertz CT molecular complexity index is 1210. The molecule has 30 heavy (non-hydrogen) atoms. The van der Waals surface area contributed by atoms with Crippen LogP contribution in [0.3, 0.4) is 0 Å². The number of nitrogens with one attached hydrogen (secondary N) is 2. The highest BCUT2D eigenvalue weighted by molar-refractivity contribution is 5.80. The molecule has 4 aromatic rings. The summed E-state index contributed by atoms with van der Waals surface area (Å²) in [4.78, 5) is 15.7. The molecule has 0 aliphatic heterocycles. The lowest BCUT2D eigenvalue weighted by Gasteiger charge is -2.10. The van der Waals surface area contributed by atoms with Crippen molar-refractivity contribution in [2.45, 2.75) is 20.0 Å². The van der Waals surface area contributed by atoms with Crippen molar-refractivity contribution < 1.29 is 9.47 Å². The van der Waals surface area contributed by atoms with Crippen molar-refractivity contribution in [2.75, 3.05) is 14.2 Å². The predicted molar refractivity (Wildman–Crippen MR) is 117 cm³/mol. The lowest BCUT2D eigenvalue weighted by molar-refractivity contribution is 0.393. The summed E-state index contributed by atoms with van der Waals surface area (Å²) in [7, 11) is 3.25. The average Bonchev–Trinajstić information content (AvgIpc) is 3.09. The Labute approximate surface area is 174 Å². The molecule has 0 radical (unpaired) electrons. The zero-order valence-electron chi connectivity index (χ0n) is 17.2. The fourth-order valence-electron chi connectivity index (χ4n) is 3.46. The molecule has 0 aliphatic carbocycles. The van der Waals surface area contributed by atoms with Crippen LogP contribution in [0, 0.1) is 6.92 Å². The monoisotopic (exact) mass is 404 g/mol. The zero-order valence-corrected chi connectivity index (χ0v) is 17.2. The van der Waals surface area contributed by atoms with Gasteiger partial charge in [0.1, 0.15) is 17.1 Å². The van der Waals surface area contributed by atoms with Gasteiger partial charge in [-0.1, -0.05) is 18.2 Å². The van der Waals surface area contributed by atoms with Gasteiger partial charge in [0.25, 0.3) is 5.56 Å². The van der Waals surface area contributed by atoms with E-state index in [4.69, 9.17) is 9.47 Å². The van der Waals surface area contributed by atoms with Gasteiger partial charge in [-0.25, -0.2) is 4.68 Å². The Morgan fingerprint density at radius 1 is 1.00 bits per heavy atom. The van der Waals surface area contributed by atoms with Crippen LogP contribution in [0.25, 0.3) is 16.7 Å². The predicted octanol–water partition coefficient (Wildman–Crippen LogP) is 3.33. The maximum atomic E-state index is 12.7. The number of aryl methyl sites for hydroxylation is 1. The molecule has 0 fully saturated rings. The summed E-state index contributed by atoms with van der Waals surface area (Å²) in [6.07, 6.45) is 0. The van der Waals surface area contributed by atoms with Gasteiger partial charge in [-0.2, -0.15) is 5.10 Å². The standard InChI is InChI=1S/C23H24N4O3/c1-15-21-11-17(14-24-13-16-9-19(29-2)12-20(10-16)30-3)23(28)25-22(21)27(26-15)18-7-5-4-6-8-18/h4-12,24H,13-14H2,1-3H3,(H,25,28). The molecule has 4 rings (SSSR count). The third kappa shape index (κ3) is 3.92. The smallest absolute Gasteiger partial charge is 0.254 e. The number of ether oxygens (including phenoxy) is 2. The summed E-state index contributed by atoms with van der Waals surface area (Å²) >= 11 is 0. The molecule has 0 saturated carbocycles. The number of fused-ring (bicyclic) bond motifs is 1. The van der Waals surface area contributed by atoms with E-state index in [0.29, 0.717) is 24.3 Å². The van der Waals surface area contributed by atoms with Crippen LogP contribution in [0.5, 0.6) is 11.5 Å². The molecule has 2 aromatic carbocycles. The van der Waals surface area contributed by atoms with Gasteiger partial charge in [-0.05, 0) is 42.8 Å². The summed E-state index contributed by atoms with van der Waals surface area (Å²) in [5.41, 5.74) is 4.01. The van der Waals surface area contributed by atoms with E-state index >= 15 is 0 Å². The van der Waals surface area contributed by atoms with E-state index in [-0.39, 0.29) is 5.56 Å². The van der Waals surface area contributed by atoms with E-state index in [0.717, 1.165) is 33.8 Å². The van der Waals surface area contributed by atoms with Crippen LogP contribution in [-0.2, 0) is 13.1 Å². The van der Waals surface area contributed by atoms with Crippen LogP contribution in [-0.4, -0.2) is 29.0 Å². The molecule has 0 atom stereocenters. The van der Waals surface area contributed by atoms with Crippen molar-refractivity contribution in [3.63, 3.8) is 0 Å². The number of nitrogens with zero attached hydrogens (tertiary/aromatic N) is 2. The third-order valence-corrected chi connectivity index (χ3v) is 5.01. The Hall–Kier alpha value is -3.58. The van der Waals surface area contributed by atoms with Crippen LogP contribution in [0.4, 0.5) is 0 Å². The molecular formula is C23H24N4O3. The molecular weight excluding hydrogens is 380 g/mol. The largest absolute Gasteiger partial charge is 0.497 e. The molecule has 0 saturated heterocycles. The van der Waals surface area contributed by atoms with Gasteiger partial charge in [0, 0.05) is 30.1 Å². The number of rotatable bonds is 7. The number of methoxy groups -OCH3 is 2. The Balaban J connectivity index is 1.56. The molecule has 2 N–H and O–H groups in total. The van der Waals surface area contributed by atoms with E-state index in [1.807, 2.05) is 61.5 Å². The highest BCUT2D eigenvalue weighted by atomic mass is 16.5. The SMILES string of the molecule is COc1cc(CNCc2cc3c(C)nn(-c4ccccc4)c3[nH]c2=O)cc(OC)c1. The molecule has 7 nitrogen and oxygen atoms in total. The van der Waals surface area contributed by atoms with Crippen molar-refractivity contribution in [1.82, 2.24) is 20.1 Å². The van der Waals surface area contributed by atoms with Crippen molar-refractivity contribution in [3.8, 4) is 17.2 Å². The van der Waals surface area contributed by atoms with E-state index in [9.17, 15) is 4.79 Å². The molecule has 2 heterocycles.